The summed E-state index contributed by atoms with van der Waals surface area (Å²) in [4.78, 5) is 36.4. The average molecular weight is 479 g/mol. The van der Waals surface area contributed by atoms with Gasteiger partial charge in [-0.1, -0.05) is 48.5 Å². The molecular weight excluding hydrogens is 456 g/mol. The fraction of sp³-hybridized carbons (Fsp3) is 0.125. The van der Waals surface area contributed by atoms with Gasteiger partial charge in [0.05, 0.1) is 11.4 Å². The molecule has 0 radical (unpaired) electrons. The smallest absolute Gasteiger partial charge is 0.324 e. The van der Waals surface area contributed by atoms with Gasteiger partial charge in [-0.25, -0.2) is 13.2 Å². The topological polar surface area (TPSA) is 125 Å². The van der Waals surface area contributed by atoms with Crippen LogP contribution < -0.4 is 15.4 Å². The van der Waals surface area contributed by atoms with Crippen molar-refractivity contribution in [2.75, 3.05) is 23.1 Å². The molecule has 0 spiro atoms. The molecule has 1 aliphatic heterocycles. The highest BCUT2D eigenvalue weighted by Crippen LogP contribution is 2.28. The van der Waals surface area contributed by atoms with Crippen molar-refractivity contribution in [3.05, 3.63) is 78.9 Å². The van der Waals surface area contributed by atoms with E-state index < -0.39 is 16.1 Å². The predicted molar refractivity (Wildman–Crippen MR) is 127 cm³/mol. The molecule has 0 unspecified atom stereocenters. The molecule has 3 N–H and O–H groups in total. The predicted octanol–water partition coefficient (Wildman–Crippen LogP) is 3.03. The number of rotatable bonds is 8. The van der Waals surface area contributed by atoms with E-state index in [9.17, 15) is 22.8 Å². The number of carbonyl (C=O) groups is 3. The molecule has 3 aromatic rings. The molecule has 1 saturated heterocycles. The van der Waals surface area contributed by atoms with Gasteiger partial charge >= 0.3 is 6.03 Å². The number of sulfonamides is 1. The summed E-state index contributed by atoms with van der Waals surface area (Å²) in [5.41, 5.74) is 2.16. The molecule has 174 valence electrons. The number of hydrogen-bond donors (Lipinski definition) is 3. The molecule has 0 aromatic heterocycles. The van der Waals surface area contributed by atoms with Crippen LogP contribution in [0.2, 0.25) is 0 Å². The number of urea groups is 1. The summed E-state index contributed by atoms with van der Waals surface area (Å²) < 4.78 is 28.7. The molecule has 1 aliphatic rings. The molecule has 9 nitrogen and oxygen atoms in total. The second kappa shape index (κ2) is 9.75. The minimum absolute atomic E-state index is 0.0186. The van der Waals surface area contributed by atoms with E-state index in [-0.39, 0.29) is 36.2 Å². The van der Waals surface area contributed by atoms with Gasteiger partial charge in [-0.3, -0.25) is 19.2 Å². The first-order chi connectivity index (χ1) is 16.3. The Bertz CT molecular complexity index is 1310. The van der Waals surface area contributed by atoms with Crippen LogP contribution in [0.1, 0.15) is 6.42 Å². The van der Waals surface area contributed by atoms with E-state index in [1.165, 1.54) is 12.1 Å². The molecule has 0 bridgehead atoms. The molecule has 4 amide bonds. The number of carbonyl (C=O) groups excluding carboxylic acids is 3. The highest BCUT2D eigenvalue weighted by molar-refractivity contribution is 7.92. The van der Waals surface area contributed by atoms with Crippen LogP contribution in [-0.4, -0.2) is 44.3 Å². The number of anilines is 2. The summed E-state index contributed by atoms with van der Waals surface area (Å²) in [6.07, 6.45) is -0.0518. The van der Waals surface area contributed by atoms with E-state index >= 15 is 0 Å². The van der Waals surface area contributed by atoms with Gasteiger partial charge < -0.3 is 10.6 Å². The standard InChI is InChI=1S/C24H22N4O5S/c29-22(14-15-28-23(30)16-25-24(28)31)26-18-10-12-19(13-11-18)27-34(32,33)21-9-5-4-8-20(21)17-6-2-1-3-7-17/h1-13,27H,14-16H2,(H,25,31)(H,26,29). The summed E-state index contributed by atoms with van der Waals surface area (Å²) in [5.74, 6) is -0.749. The van der Waals surface area contributed by atoms with Crippen molar-refractivity contribution in [2.45, 2.75) is 11.3 Å². The number of benzene rings is 3. The highest BCUT2D eigenvalue weighted by atomic mass is 32.2. The van der Waals surface area contributed by atoms with Crippen LogP contribution in [0.25, 0.3) is 11.1 Å². The van der Waals surface area contributed by atoms with Gasteiger partial charge in [0.15, 0.2) is 0 Å². The third kappa shape index (κ3) is 5.24. The lowest BCUT2D eigenvalue weighted by Crippen LogP contribution is -2.33. The minimum Gasteiger partial charge on any atom is -0.329 e. The first kappa shape index (κ1) is 23.0. The zero-order valence-electron chi connectivity index (χ0n) is 18.0. The van der Waals surface area contributed by atoms with E-state index in [4.69, 9.17) is 0 Å². The van der Waals surface area contributed by atoms with Crippen molar-refractivity contribution in [2.24, 2.45) is 0 Å². The number of nitrogens with one attached hydrogen (secondary N) is 3. The third-order valence-corrected chi connectivity index (χ3v) is 6.62. The number of imide groups is 1. The van der Waals surface area contributed by atoms with Crippen LogP contribution in [0.4, 0.5) is 16.2 Å². The van der Waals surface area contributed by atoms with Gasteiger partial charge in [0.2, 0.25) is 11.8 Å². The summed E-state index contributed by atoms with van der Waals surface area (Å²) in [5, 5.41) is 5.05. The molecule has 3 aromatic carbocycles. The number of hydrogen-bond acceptors (Lipinski definition) is 5. The Morgan fingerprint density at radius 1 is 0.882 bits per heavy atom. The zero-order chi connectivity index (χ0) is 24.1. The van der Waals surface area contributed by atoms with Crippen LogP contribution in [0.3, 0.4) is 0 Å². The first-order valence-corrected chi connectivity index (χ1v) is 12.0. The lowest BCUT2D eigenvalue weighted by molar-refractivity contribution is -0.125. The monoisotopic (exact) mass is 478 g/mol. The van der Waals surface area contributed by atoms with E-state index in [1.807, 2.05) is 30.3 Å². The fourth-order valence-electron chi connectivity index (χ4n) is 3.51. The van der Waals surface area contributed by atoms with Crippen molar-refractivity contribution in [3.63, 3.8) is 0 Å². The van der Waals surface area contributed by atoms with E-state index in [2.05, 4.69) is 15.4 Å². The second-order valence-electron chi connectivity index (χ2n) is 7.55. The Morgan fingerprint density at radius 3 is 2.21 bits per heavy atom. The maximum absolute atomic E-state index is 13.1. The molecular formula is C24H22N4O5S. The Morgan fingerprint density at radius 2 is 1.53 bits per heavy atom. The summed E-state index contributed by atoms with van der Waals surface area (Å²) in [6, 6.07) is 21.7. The normalized spacial score (nSPS) is 13.5. The van der Waals surface area contributed by atoms with Crippen molar-refractivity contribution in [3.8, 4) is 11.1 Å². The first-order valence-electron chi connectivity index (χ1n) is 10.5. The number of amides is 4. The number of nitrogens with zero attached hydrogens (tertiary/aromatic N) is 1. The maximum atomic E-state index is 13.1. The SMILES string of the molecule is O=C(CCN1C(=O)CNC1=O)Nc1ccc(NS(=O)(=O)c2ccccc2-c2ccccc2)cc1. The zero-order valence-corrected chi connectivity index (χ0v) is 18.8. The molecule has 4 rings (SSSR count). The van der Waals surface area contributed by atoms with Crippen molar-refractivity contribution in [1.82, 2.24) is 10.2 Å². The molecule has 0 atom stereocenters. The van der Waals surface area contributed by atoms with Crippen molar-refractivity contribution in [1.29, 1.82) is 0 Å². The van der Waals surface area contributed by atoms with Gasteiger partial charge in [-0.2, -0.15) is 0 Å². The van der Waals surface area contributed by atoms with Crippen molar-refractivity contribution >= 4 is 39.2 Å². The lowest BCUT2D eigenvalue weighted by atomic mass is 10.1. The summed E-state index contributed by atoms with van der Waals surface area (Å²) >= 11 is 0. The second-order valence-corrected chi connectivity index (χ2v) is 9.20. The van der Waals surface area contributed by atoms with Crippen LogP contribution in [0.5, 0.6) is 0 Å². The third-order valence-electron chi connectivity index (χ3n) is 5.18. The van der Waals surface area contributed by atoms with Gasteiger partial charge in [-0.15, -0.1) is 0 Å². The van der Waals surface area contributed by atoms with E-state index in [1.54, 1.807) is 36.4 Å². The largest absolute Gasteiger partial charge is 0.329 e. The van der Waals surface area contributed by atoms with Crippen molar-refractivity contribution < 1.29 is 22.8 Å². The minimum atomic E-state index is -3.87. The van der Waals surface area contributed by atoms with Gasteiger partial charge in [0, 0.05) is 29.9 Å². The molecule has 0 aliphatic carbocycles. The Balaban J connectivity index is 1.40. The molecule has 1 fully saturated rings. The van der Waals surface area contributed by atoms with E-state index in [0.29, 0.717) is 16.9 Å². The lowest BCUT2D eigenvalue weighted by Gasteiger charge is -2.14. The molecule has 0 saturated carbocycles. The van der Waals surface area contributed by atoms with Crippen LogP contribution in [0.15, 0.2) is 83.8 Å². The molecule has 10 heteroatoms. The Labute approximate surface area is 196 Å². The fourth-order valence-corrected chi connectivity index (χ4v) is 4.80. The van der Waals surface area contributed by atoms with Crippen LogP contribution >= 0.6 is 0 Å². The van der Waals surface area contributed by atoms with Gasteiger partial charge in [0.25, 0.3) is 10.0 Å². The highest BCUT2D eigenvalue weighted by Gasteiger charge is 2.28. The van der Waals surface area contributed by atoms with Gasteiger partial charge in [0.1, 0.15) is 0 Å². The quantitative estimate of drug-likeness (QED) is 0.429. The molecule has 1 heterocycles. The Kier molecular flexibility index (Phi) is 6.60. The van der Waals surface area contributed by atoms with Crippen LogP contribution in [0, 0.1) is 0 Å². The van der Waals surface area contributed by atoms with E-state index in [0.717, 1.165) is 10.5 Å². The van der Waals surface area contributed by atoms with Crippen LogP contribution in [-0.2, 0) is 19.6 Å². The van der Waals surface area contributed by atoms with Gasteiger partial charge in [-0.05, 0) is 35.9 Å². The summed E-state index contributed by atoms with van der Waals surface area (Å²) in [7, 11) is -3.87. The average Bonchev–Trinajstić information content (AvgIpc) is 3.16. The Hall–Kier alpha value is -4.18. The summed E-state index contributed by atoms with van der Waals surface area (Å²) in [6.45, 7) is -0.0805. The molecule has 34 heavy (non-hydrogen) atoms. The maximum Gasteiger partial charge on any atom is 0.324 e.